The third-order valence-corrected chi connectivity index (χ3v) is 0.574. The first-order valence-electron chi connectivity index (χ1n) is 5.34. The maximum atomic E-state index is 10.6. The van der Waals surface area contributed by atoms with Gasteiger partial charge in [0.15, 0.2) is 6.08 Å². The summed E-state index contributed by atoms with van der Waals surface area (Å²) in [5.41, 5.74) is 0. The second kappa shape index (κ2) is 2.13. The number of hydrogen-bond donors (Lipinski definition) is 1. The zero-order valence-electron chi connectivity index (χ0n) is 10.8. The fourth-order valence-electron chi connectivity index (χ4n) is 0.281. The largest absolute Gasteiger partial charge is 0.479 e. The van der Waals surface area contributed by atoms with Crippen molar-refractivity contribution in [2.24, 2.45) is 0 Å². The Balaban J connectivity index is 3.38. The summed E-state index contributed by atoms with van der Waals surface area (Å²) in [7, 11) is 0. The molecule has 0 aromatic carbocycles. The molecule has 1 saturated heterocycles. The molecule has 0 radical (unpaired) electrons. The molecular weight excluding hydrogens is 108 g/mol. The van der Waals surface area contributed by atoms with Crippen molar-refractivity contribution in [3.05, 3.63) is 0 Å². The van der Waals surface area contributed by atoms with Crippen molar-refractivity contribution < 1.29 is 24.2 Å². The van der Waals surface area contributed by atoms with Gasteiger partial charge in [0.25, 0.3) is 0 Å². The van der Waals surface area contributed by atoms with Gasteiger partial charge in [-0.2, -0.15) is 0 Å². The minimum atomic E-state index is -3.30. The first-order valence-corrected chi connectivity index (χ1v) is 1.84. The first kappa shape index (κ1) is 1.48. The van der Waals surface area contributed by atoms with Crippen LogP contribution in [0, 0.1) is 0 Å². The van der Waals surface area contributed by atoms with Gasteiger partial charge in [-0.1, -0.05) is 0 Å². The molecular formula is C5H8O3. The topological polar surface area (TPSA) is 46.5 Å². The molecule has 0 amide bonds. The molecule has 0 aliphatic carbocycles. The number of carboxylic acid groups (broad SMARTS) is 1. The van der Waals surface area contributed by atoms with Gasteiger partial charge >= 0.3 is 5.97 Å². The minimum absolute atomic E-state index is 2.07. The van der Waals surface area contributed by atoms with Gasteiger partial charge in [0.2, 0.25) is 0 Å². The predicted octanol–water partition coefficient (Wildman–Crippen LogP) is 0.250. The van der Waals surface area contributed by atoms with Crippen LogP contribution in [0.15, 0.2) is 0 Å². The summed E-state index contributed by atoms with van der Waals surface area (Å²) >= 11 is 0. The number of hydrogen-bond acceptors (Lipinski definition) is 2. The monoisotopic (exact) mass is 123 g/mol. The van der Waals surface area contributed by atoms with Crippen LogP contribution in [0.25, 0.3) is 0 Å². The summed E-state index contributed by atoms with van der Waals surface area (Å²) in [6.45, 7) is -3.17. The van der Waals surface area contributed by atoms with Crippen LogP contribution in [-0.4, -0.2) is 23.7 Å². The lowest BCUT2D eigenvalue weighted by atomic mass is 10.2. The van der Waals surface area contributed by atoms with Gasteiger partial charge in [0.1, 0.15) is 0 Å². The van der Waals surface area contributed by atoms with E-state index in [2.05, 4.69) is 4.74 Å². The van der Waals surface area contributed by atoms with Crippen LogP contribution in [0.4, 0.5) is 0 Å². The smallest absolute Gasteiger partial charge is 0.332 e. The Hall–Kier alpha value is -0.570. The molecule has 1 fully saturated rings. The van der Waals surface area contributed by atoms with Gasteiger partial charge in [-0.25, -0.2) is 4.79 Å². The third-order valence-electron chi connectivity index (χ3n) is 0.574. The van der Waals surface area contributed by atoms with E-state index in [4.69, 9.17) is 14.7 Å². The summed E-state index contributed by atoms with van der Waals surface area (Å²) in [5.74, 6) is -2.07. The second-order valence-electron chi connectivity index (χ2n) is 1.09. The normalized spacial score (nSPS) is 69.2. The summed E-state index contributed by atoms with van der Waals surface area (Å²) in [6, 6.07) is 0. The Kier molecular flexibility index (Phi) is 0.393. The van der Waals surface area contributed by atoms with E-state index in [1.165, 1.54) is 0 Å². The van der Waals surface area contributed by atoms with Crippen LogP contribution < -0.4 is 0 Å². The molecule has 1 atom stereocenters. The van der Waals surface area contributed by atoms with Gasteiger partial charge in [0, 0.05) is 12.0 Å². The lowest BCUT2D eigenvalue weighted by Gasteiger charge is -1.98. The number of carboxylic acids is 1. The SMILES string of the molecule is [2H]C1([2H])OC([2H])(C(=O)O)C([2H])([2H])C1([2H])[2H]. The molecule has 3 nitrogen and oxygen atoms in total. The number of ether oxygens (including phenoxy) is 1. The van der Waals surface area contributed by atoms with Crippen LogP contribution in [0.3, 0.4) is 0 Å². The Labute approximate surface area is 57.1 Å². The third kappa shape index (κ3) is 0.980. The first-order chi connectivity index (χ1) is 6.40. The molecule has 3 heteroatoms. The Morgan fingerprint density at radius 2 is 2.88 bits per heavy atom. The predicted molar refractivity (Wildman–Crippen MR) is 26.6 cm³/mol. The molecule has 1 rings (SSSR count). The molecule has 1 N–H and O–H groups in total. The van der Waals surface area contributed by atoms with Crippen LogP contribution in [-0.2, 0) is 9.53 Å². The highest BCUT2D eigenvalue weighted by molar-refractivity contribution is 5.72. The molecule has 1 aliphatic heterocycles. The molecule has 0 aromatic rings. The summed E-state index contributed by atoms with van der Waals surface area (Å²) in [4.78, 5) is 10.6. The molecule has 0 aromatic heterocycles. The Morgan fingerprint density at radius 1 is 2.12 bits per heavy atom. The number of rotatable bonds is 1. The Morgan fingerprint density at radius 3 is 3.12 bits per heavy atom. The summed E-state index contributed by atoms with van der Waals surface area (Å²) in [6.07, 6.45) is -9.81. The van der Waals surface area contributed by atoms with Crippen molar-refractivity contribution in [1.82, 2.24) is 0 Å². The van der Waals surface area contributed by atoms with E-state index in [1.54, 1.807) is 0 Å². The van der Waals surface area contributed by atoms with Gasteiger partial charge < -0.3 is 9.84 Å². The number of carbonyl (C=O) groups is 1. The highest BCUT2D eigenvalue weighted by Gasteiger charge is 2.21. The highest BCUT2D eigenvalue weighted by Crippen LogP contribution is 2.10. The molecule has 1 aliphatic rings. The van der Waals surface area contributed by atoms with Crippen LogP contribution >= 0.6 is 0 Å². The molecule has 0 bridgehead atoms. The van der Waals surface area contributed by atoms with Gasteiger partial charge in [-0.3, -0.25) is 0 Å². The lowest BCUT2D eigenvalue weighted by Crippen LogP contribution is -2.17. The highest BCUT2D eigenvalue weighted by atomic mass is 16.5. The van der Waals surface area contributed by atoms with Crippen molar-refractivity contribution in [1.29, 1.82) is 0 Å². The van der Waals surface area contributed by atoms with Crippen molar-refractivity contribution in [2.75, 3.05) is 6.56 Å². The zero-order chi connectivity index (χ0) is 12.3. The molecule has 1 heterocycles. The van der Waals surface area contributed by atoms with E-state index in [0.717, 1.165) is 0 Å². The Bertz CT molecular complexity index is 314. The van der Waals surface area contributed by atoms with Crippen molar-refractivity contribution in [2.45, 2.75) is 18.8 Å². The van der Waals surface area contributed by atoms with E-state index in [-0.39, 0.29) is 0 Å². The maximum absolute atomic E-state index is 10.6. The van der Waals surface area contributed by atoms with Crippen molar-refractivity contribution >= 4 is 5.97 Å². The minimum Gasteiger partial charge on any atom is -0.479 e. The number of aliphatic carboxylic acids is 1. The quantitative estimate of drug-likeness (QED) is 0.543. The van der Waals surface area contributed by atoms with Crippen molar-refractivity contribution in [3.8, 4) is 0 Å². The van der Waals surface area contributed by atoms with Crippen molar-refractivity contribution in [3.63, 3.8) is 0 Å². The lowest BCUT2D eigenvalue weighted by molar-refractivity contribution is -0.147. The fraction of sp³-hybridized carbons (Fsp3) is 0.800. The van der Waals surface area contributed by atoms with E-state index >= 15 is 0 Å². The second-order valence-corrected chi connectivity index (χ2v) is 1.09. The molecule has 8 heavy (non-hydrogen) atoms. The summed E-state index contributed by atoms with van der Waals surface area (Å²) in [5, 5.41) is 8.59. The molecule has 0 spiro atoms. The summed E-state index contributed by atoms with van der Waals surface area (Å²) < 4.78 is 54.0. The fourth-order valence-corrected chi connectivity index (χ4v) is 0.281. The van der Waals surface area contributed by atoms with Crippen LogP contribution in [0.2, 0.25) is 0 Å². The average molecular weight is 123 g/mol. The van der Waals surface area contributed by atoms with Crippen LogP contribution in [0.5, 0.6) is 0 Å². The van der Waals surface area contributed by atoms with E-state index in [1.807, 2.05) is 0 Å². The molecule has 0 saturated carbocycles. The standard InChI is InChI=1S/C5H8O3/c6-5(7)4-2-1-3-8-4/h4H,1-3H2,(H,6,7)/i1D2,2D2,3D2,4D. The van der Waals surface area contributed by atoms with E-state index in [9.17, 15) is 4.79 Å². The van der Waals surface area contributed by atoms with Gasteiger partial charge in [-0.05, 0) is 12.7 Å². The maximum Gasteiger partial charge on any atom is 0.332 e. The van der Waals surface area contributed by atoms with Gasteiger partial charge in [0.05, 0.1) is 4.11 Å². The average Bonchev–Trinajstić information content (AvgIpc) is 2.09. The molecule has 46 valence electrons. The molecule has 1 unspecified atom stereocenters. The zero-order valence-corrected chi connectivity index (χ0v) is 3.76. The van der Waals surface area contributed by atoms with Crippen LogP contribution in [0.1, 0.15) is 22.3 Å². The van der Waals surface area contributed by atoms with E-state index < -0.39 is 31.4 Å². The van der Waals surface area contributed by atoms with Gasteiger partial charge in [-0.15, -0.1) is 0 Å². The van der Waals surface area contributed by atoms with E-state index in [0.29, 0.717) is 0 Å².